The zero-order valence-corrected chi connectivity index (χ0v) is 18.1. The maximum absolute atomic E-state index is 11.6. The average molecular weight is 395 g/mol. The van der Waals surface area contributed by atoms with Crippen LogP contribution < -0.4 is 0 Å². The van der Waals surface area contributed by atoms with Gasteiger partial charge in [0.15, 0.2) is 0 Å². The number of phosphoric acid groups is 1. The molecule has 0 saturated carbocycles. The van der Waals surface area contributed by atoms with Crippen LogP contribution in [-0.4, -0.2) is 32.5 Å². The number of unbranched alkanes of at least 4 members (excludes halogenated alkanes) is 15. The number of aliphatic hydroxyl groups excluding tert-OH is 1. The number of rotatable bonds is 21. The fraction of sp³-hybridized carbons (Fsp3) is 1.00. The van der Waals surface area contributed by atoms with Crippen LogP contribution in [0.5, 0.6) is 0 Å². The Morgan fingerprint density at radius 3 is 1.19 bits per heavy atom. The second-order valence-corrected chi connectivity index (χ2v) is 8.91. The molecule has 0 saturated heterocycles. The van der Waals surface area contributed by atoms with E-state index in [1.807, 2.05) is 0 Å². The maximum Gasteiger partial charge on any atom is 0.474 e. The van der Waals surface area contributed by atoms with Crippen molar-refractivity contribution in [2.75, 3.05) is 27.4 Å². The monoisotopic (exact) mass is 394 g/mol. The van der Waals surface area contributed by atoms with E-state index in [2.05, 4.69) is 0 Å². The largest absolute Gasteiger partial charge is 0.474 e. The third kappa shape index (κ3) is 17.5. The summed E-state index contributed by atoms with van der Waals surface area (Å²) in [5.41, 5.74) is 0. The molecule has 0 aromatic heterocycles. The lowest BCUT2D eigenvalue weighted by Gasteiger charge is -2.12. The third-order valence-electron chi connectivity index (χ3n) is 4.75. The minimum Gasteiger partial charge on any atom is -0.396 e. The van der Waals surface area contributed by atoms with E-state index in [0.717, 1.165) is 19.3 Å². The van der Waals surface area contributed by atoms with E-state index in [-0.39, 0.29) is 0 Å². The van der Waals surface area contributed by atoms with Gasteiger partial charge < -0.3 is 5.11 Å². The van der Waals surface area contributed by atoms with E-state index in [1.165, 1.54) is 97.7 Å². The first-order valence-electron chi connectivity index (χ1n) is 10.7. The minimum absolute atomic E-state index is 0.348. The van der Waals surface area contributed by atoms with E-state index >= 15 is 0 Å². The molecule has 158 valence electrons. The highest BCUT2D eigenvalue weighted by Gasteiger charge is 2.21. The molecule has 0 aromatic carbocycles. The molecule has 0 heterocycles. The van der Waals surface area contributed by atoms with Gasteiger partial charge in [-0.3, -0.25) is 13.6 Å². The SMILES string of the molecule is COP(=O)(OC)OCCCCCCCCCCCCCCCCCCO. The lowest BCUT2D eigenvalue weighted by atomic mass is 10.0. The van der Waals surface area contributed by atoms with E-state index in [4.69, 9.17) is 18.7 Å². The number of aliphatic hydroxyl groups is 1. The molecule has 6 heteroatoms. The van der Waals surface area contributed by atoms with Crippen LogP contribution in [0.15, 0.2) is 0 Å². The molecular formula is C20H43O5P. The van der Waals surface area contributed by atoms with Crippen molar-refractivity contribution in [2.45, 2.75) is 103 Å². The lowest BCUT2D eigenvalue weighted by molar-refractivity contribution is 0.150. The van der Waals surface area contributed by atoms with Crippen LogP contribution in [0, 0.1) is 0 Å². The molecule has 0 atom stereocenters. The molecular weight excluding hydrogens is 351 g/mol. The first kappa shape index (κ1) is 26.1. The molecule has 0 aliphatic heterocycles. The average Bonchev–Trinajstić information content (AvgIpc) is 2.66. The minimum atomic E-state index is -3.28. The second-order valence-electron chi connectivity index (χ2n) is 7.03. The summed E-state index contributed by atoms with van der Waals surface area (Å²) in [5, 5.41) is 8.71. The van der Waals surface area contributed by atoms with Gasteiger partial charge in [0.25, 0.3) is 0 Å². The third-order valence-corrected chi connectivity index (χ3v) is 6.14. The molecule has 0 rings (SSSR count). The van der Waals surface area contributed by atoms with E-state index in [0.29, 0.717) is 13.2 Å². The summed E-state index contributed by atoms with van der Waals surface area (Å²) in [4.78, 5) is 0. The van der Waals surface area contributed by atoms with Crippen molar-refractivity contribution in [2.24, 2.45) is 0 Å². The van der Waals surface area contributed by atoms with Gasteiger partial charge in [-0.25, -0.2) is 4.57 Å². The van der Waals surface area contributed by atoms with Crippen LogP contribution in [0.25, 0.3) is 0 Å². The van der Waals surface area contributed by atoms with E-state index in [1.54, 1.807) is 0 Å². The fourth-order valence-electron chi connectivity index (χ4n) is 3.05. The van der Waals surface area contributed by atoms with Crippen molar-refractivity contribution < 1.29 is 23.2 Å². The van der Waals surface area contributed by atoms with E-state index < -0.39 is 7.82 Å². The predicted octanol–water partition coefficient (Wildman–Crippen LogP) is 6.64. The highest BCUT2D eigenvalue weighted by molar-refractivity contribution is 7.48. The van der Waals surface area contributed by atoms with Crippen LogP contribution in [0.4, 0.5) is 0 Å². The predicted molar refractivity (Wildman–Crippen MR) is 109 cm³/mol. The Bertz CT molecular complexity index is 317. The van der Waals surface area contributed by atoms with Crippen LogP contribution >= 0.6 is 7.82 Å². The highest BCUT2D eigenvalue weighted by Crippen LogP contribution is 2.47. The van der Waals surface area contributed by atoms with Crippen LogP contribution in [0.3, 0.4) is 0 Å². The van der Waals surface area contributed by atoms with Gasteiger partial charge in [-0.2, -0.15) is 0 Å². The van der Waals surface area contributed by atoms with Crippen molar-refractivity contribution in [1.82, 2.24) is 0 Å². The van der Waals surface area contributed by atoms with Gasteiger partial charge in [0.1, 0.15) is 0 Å². The Morgan fingerprint density at radius 1 is 0.577 bits per heavy atom. The van der Waals surface area contributed by atoms with Crippen molar-refractivity contribution in [3.8, 4) is 0 Å². The smallest absolute Gasteiger partial charge is 0.396 e. The molecule has 0 aromatic rings. The van der Waals surface area contributed by atoms with Gasteiger partial charge in [0.05, 0.1) is 6.61 Å². The van der Waals surface area contributed by atoms with Crippen LogP contribution in [0.2, 0.25) is 0 Å². The molecule has 0 fully saturated rings. The van der Waals surface area contributed by atoms with Gasteiger partial charge in [-0.05, 0) is 12.8 Å². The van der Waals surface area contributed by atoms with Crippen molar-refractivity contribution in [3.63, 3.8) is 0 Å². The first-order valence-corrected chi connectivity index (χ1v) is 12.1. The maximum atomic E-state index is 11.6. The highest BCUT2D eigenvalue weighted by atomic mass is 31.2. The van der Waals surface area contributed by atoms with Gasteiger partial charge in [0.2, 0.25) is 0 Å². The first-order chi connectivity index (χ1) is 12.7. The summed E-state index contributed by atoms with van der Waals surface area (Å²) >= 11 is 0. The summed E-state index contributed by atoms with van der Waals surface area (Å²) in [6, 6.07) is 0. The van der Waals surface area contributed by atoms with Crippen molar-refractivity contribution in [3.05, 3.63) is 0 Å². The topological polar surface area (TPSA) is 65.0 Å². The summed E-state index contributed by atoms with van der Waals surface area (Å²) in [6.07, 6.45) is 20.2. The molecule has 0 unspecified atom stereocenters. The molecule has 0 spiro atoms. The Hall–Kier alpha value is 0.0700. The number of hydrogen-bond acceptors (Lipinski definition) is 5. The molecule has 0 aliphatic carbocycles. The second kappa shape index (κ2) is 19.8. The lowest BCUT2D eigenvalue weighted by Crippen LogP contribution is -1.97. The van der Waals surface area contributed by atoms with E-state index in [9.17, 15) is 4.57 Å². The number of phosphoric ester groups is 1. The summed E-state index contributed by atoms with van der Waals surface area (Å²) in [7, 11) is -0.604. The quantitative estimate of drug-likeness (QED) is 0.175. The van der Waals surface area contributed by atoms with Gasteiger partial charge >= 0.3 is 7.82 Å². The summed E-state index contributed by atoms with van der Waals surface area (Å²) in [5.74, 6) is 0. The Morgan fingerprint density at radius 2 is 0.885 bits per heavy atom. The summed E-state index contributed by atoms with van der Waals surface area (Å²) < 4.78 is 26.2. The van der Waals surface area contributed by atoms with Crippen LogP contribution in [-0.2, 0) is 18.1 Å². The van der Waals surface area contributed by atoms with Gasteiger partial charge in [-0.1, -0.05) is 89.9 Å². The molecule has 0 amide bonds. The normalized spacial score (nSPS) is 12.0. The zero-order chi connectivity index (χ0) is 19.3. The molecule has 1 N–H and O–H groups in total. The summed E-state index contributed by atoms with van der Waals surface area (Å²) in [6.45, 7) is 0.779. The Kier molecular flexibility index (Phi) is 19.9. The molecule has 0 radical (unpaired) electrons. The van der Waals surface area contributed by atoms with Crippen LogP contribution in [0.1, 0.15) is 103 Å². The standard InChI is InChI=1S/C20H43O5P/c1-23-26(22,24-2)25-20-18-16-14-12-10-8-6-4-3-5-7-9-11-13-15-17-19-21/h21H,3-20H2,1-2H3. The molecule has 0 bridgehead atoms. The van der Waals surface area contributed by atoms with Crippen molar-refractivity contribution in [1.29, 1.82) is 0 Å². The Balaban J connectivity index is 3.13. The zero-order valence-electron chi connectivity index (χ0n) is 17.3. The van der Waals surface area contributed by atoms with Gasteiger partial charge in [-0.15, -0.1) is 0 Å². The fourth-order valence-corrected chi connectivity index (χ4v) is 3.76. The molecule has 5 nitrogen and oxygen atoms in total. The number of hydrogen-bond donors (Lipinski definition) is 1. The molecule has 26 heavy (non-hydrogen) atoms. The van der Waals surface area contributed by atoms with Crippen molar-refractivity contribution >= 4 is 7.82 Å². The van der Waals surface area contributed by atoms with Gasteiger partial charge in [0, 0.05) is 20.8 Å². The Labute approximate surface area is 161 Å². The molecule has 0 aliphatic rings.